The Balaban J connectivity index is 2.29. The second kappa shape index (κ2) is 7.46. The number of ether oxygens (including phenoxy) is 2. The molecule has 92 valence electrons. The van der Waals surface area contributed by atoms with Crippen LogP contribution in [0.2, 0.25) is 0 Å². The van der Waals surface area contributed by atoms with E-state index in [1.165, 1.54) is 12.1 Å². The maximum Gasteiger partial charge on any atom is 0.335 e. The molecule has 0 amide bonds. The SMILES string of the molecule is C=CCOCCCOc1cccc(C(=O)O)c1. The average molecular weight is 236 g/mol. The number of benzene rings is 1. The van der Waals surface area contributed by atoms with Crippen molar-refractivity contribution in [3.8, 4) is 5.75 Å². The molecule has 0 fully saturated rings. The summed E-state index contributed by atoms with van der Waals surface area (Å²) in [6, 6.07) is 6.43. The van der Waals surface area contributed by atoms with Gasteiger partial charge in [0.25, 0.3) is 0 Å². The molecule has 1 aromatic rings. The average Bonchev–Trinajstić information content (AvgIpc) is 2.34. The zero-order valence-electron chi connectivity index (χ0n) is 9.59. The Bertz CT molecular complexity index is 373. The first-order valence-electron chi connectivity index (χ1n) is 5.39. The van der Waals surface area contributed by atoms with Gasteiger partial charge < -0.3 is 14.6 Å². The van der Waals surface area contributed by atoms with Crippen molar-refractivity contribution in [2.24, 2.45) is 0 Å². The molecule has 17 heavy (non-hydrogen) atoms. The van der Waals surface area contributed by atoms with Gasteiger partial charge in [-0.1, -0.05) is 12.1 Å². The molecule has 0 saturated carbocycles. The van der Waals surface area contributed by atoms with Gasteiger partial charge in [-0.25, -0.2) is 4.79 Å². The molecule has 0 radical (unpaired) electrons. The number of hydrogen-bond acceptors (Lipinski definition) is 3. The third-order valence-electron chi connectivity index (χ3n) is 2.02. The van der Waals surface area contributed by atoms with Crippen molar-refractivity contribution in [3.05, 3.63) is 42.5 Å². The molecular formula is C13H16O4. The lowest BCUT2D eigenvalue weighted by Gasteiger charge is -2.06. The van der Waals surface area contributed by atoms with Crippen molar-refractivity contribution in [3.63, 3.8) is 0 Å². The Morgan fingerprint density at radius 2 is 2.24 bits per heavy atom. The number of aromatic carboxylic acids is 1. The summed E-state index contributed by atoms with van der Waals surface area (Å²) in [6.07, 6.45) is 2.45. The summed E-state index contributed by atoms with van der Waals surface area (Å²) < 4.78 is 10.6. The predicted molar refractivity (Wildman–Crippen MR) is 64.5 cm³/mol. The van der Waals surface area contributed by atoms with Crippen LogP contribution in [-0.2, 0) is 4.74 Å². The van der Waals surface area contributed by atoms with E-state index in [1.54, 1.807) is 18.2 Å². The zero-order chi connectivity index (χ0) is 12.5. The molecule has 0 aliphatic rings. The normalized spacial score (nSPS) is 9.88. The van der Waals surface area contributed by atoms with Crippen molar-refractivity contribution < 1.29 is 19.4 Å². The first-order chi connectivity index (χ1) is 8.24. The molecule has 0 bridgehead atoms. The molecular weight excluding hydrogens is 220 g/mol. The third-order valence-corrected chi connectivity index (χ3v) is 2.02. The van der Waals surface area contributed by atoms with Crippen molar-refractivity contribution in [1.82, 2.24) is 0 Å². The van der Waals surface area contributed by atoms with E-state index in [2.05, 4.69) is 6.58 Å². The summed E-state index contributed by atoms with van der Waals surface area (Å²) in [7, 11) is 0. The minimum Gasteiger partial charge on any atom is -0.493 e. The fourth-order valence-corrected chi connectivity index (χ4v) is 1.24. The zero-order valence-corrected chi connectivity index (χ0v) is 9.59. The molecule has 4 heteroatoms. The van der Waals surface area contributed by atoms with Crippen molar-refractivity contribution >= 4 is 5.97 Å². The molecule has 0 atom stereocenters. The van der Waals surface area contributed by atoms with Gasteiger partial charge in [0, 0.05) is 6.42 Å². The largest absolute Gasteiger partial charge is 0.493 e. The second-order valence-corrected chi connectivity index (χ2v) is 3.40. The monoisotopic (exact) mass is 236 g/mol. The first kappa shape index (κ1) is 13.3. The molecule has 0 unspecified atom stereocenters. The molecule has 0 saturated heterocycles. The molecule has 1 N–H and O–H groups in total. The van der Waals surface area contributed by atoms with Gasteiger partial charge in [0.15, 0.2) is 0 Å². The van der Waals surface area contributed by atoms with Crippen LogP contribution in [0.5, 0.6) is 5.75 Å². The fourth-order valence-electron chi connectivity index (χ4n) is 1.24. The minimum atomic E-state index is -0.954. The molecule has 0 heterocycles. The van der Waals surface area contributed by atoms with Crippen LogP contribution in [0, 0.1) is 0 Å². The van der Waals surface area contributed by atoms with Gasteiger partial charge >= 0.3 is 5.97 Å². The van der Waals surface area contributed by atoms with Gasteiger partial charge in [0.05, 0.1) is 25.4 Å². The minimum absolute atomic E-state index is 0.227. The Kier molecular flexibility index (Phi) is 5.82. The summed E-state index contributed by atoms with van der Waals surface area (Å²) >= 11 is 0. The second-order valence-electron chi connectivity index (χ2n) is 3.40. The fraction of sp³-hybridized carbons (Fsp3) is 0.308. The molecule has 4 nitrogen and oxygen atoms in total. The van der Waals surface area contributed by atoms with E-state index in [9.17, 15) is 4.79 Å². The van der Waals surface area contributed by atoms with E-state index in [1.807, 2.05) is 0 Å². The maximum atomic E-state index is 10.7. The summed E-state index contributed by atoms with van der Waals surface area (Å²) in [4.78, 5) is 10.7. The van der Waals surface area contributed by atoms with Gasteiger partial charge in [0.2, 0.25) is 0 Å². The molecule has 1 aromatic carbocycles. The summed E-state index contributed by atoms with van der Waals surface area (Å²) in [5.74, 6) is -0.390. The Labute approximate surface area is 100 Å². The van der Waals surface area contributed by atoms with Crippen LogP contribution in [0.15, 0.2) is 36.9 Å². The number of carboxylic acids is 1. The summed E-state index contributed by atoms with van der Waals surface area (Å²) in [5.41, 5.74) is 0.227. The van der Waals surface area contributed by atoms with E-state index in [4.69, 9.17) is 14.6 Å². The number of carbonyl (C=O) groups is 1. The molecule has 0 spiro atoms. The predicted octanol–water partition coefficient (Wildman–Crippen LogP) is 2.36. The third kappa shape index (κ3) is 5.17. The molecule has 1 rings (SSSR count). The van der Waals surface area contributed by atoms with Crippen molar-refractivity contribution in [2.75, 3.05) is 19.8 Å². The van der Waals surface area contributed by atoms with Crippen LogP contribution in [0.3, 0.4) is 0 Å². The van der Waals surface area contributed by atoms with Crippen LogP contribution < -0.4 is 4.74 Å². The standard InChI is InChI=1S/C13H16O4/c1-2-7-16-8-4-9-17-12-6-3-5-11(10-12)13(14)15/h2-3,5-6,10H,1,4,7-9H2,(H,14,15). The quantitative estimate of drug-likeness (QED) is 0.556. The molecule has 0 aliphatic carbocycles. The van der Waals surface area contributed by atoms with Crippen LogP contribution >= 0.6 is 0 Å². The lowest BCUT2D eigenvalue weighted by atomic mass is 10.2. The number of rotatable bonds is 8. The summed E-state index contributed by atoms with van der Waals surface area (Å²) in [5, 5.41) is 8.79. The number of carboxylic acid groups (broad SMARTS) is 1. The Morgan fingerprint density at radius 3 is 2.94 bits per heavy atom. The van der Waals surface area contributed by atoms with Gasteiger partial charge in [-0.05, 0) is 18.2 Å². The highest BCUT2D eigenvalue weighted by Crippen LogP contribution is 2.13. The Hall–Kier alpha value is -1.81. The Morgan fingerprint density at radius 1 is 1.41 bits per heavy atom. The number of hydrogen-bond donors (Lipinski definition) is 1. The van der Waals surface area contributed by atoms with Crippen LogP contribution in [0.25, 0.3) is 0 Å². The van der Waals surface area contributed by atoms with Crippen molar-refractivity contribution in [1.29, 1.82) is 0 Å². The lowest BCUT2D eigenvalue weighted by molar-refractivity contribution is 0.0696. The highest BCUT2D eigenvalue weighted by molar-refractivity contribution is 5.87. The van der Waals surface area contributed by atoms with Gasteiger partial charge in [-0.3, -0.25) is 0 Å². The van der Waals surface area contributed by atoms with E-state index >= 15 is 0 Å². The van der Waals surface area contributed by atoms with Gasteiger partial charge in [-0.2, -0.15) is 0 Å². The highest BCUT2D eigenvalue weighted by atomic mass is 16.5. The molecule has 0 aliphatic heterocycles. The van der Waals surface area contributed by atoms with Gasteiger partial charge in [-0.15, -0.1) is 6.58 Å². The van der Waals surface area contributed by atoms with Crippen LogP contribution in [0.1, 0.15) is 16.8 Å². The highest BCUT2D eigenvalue weighted by Gasteiger charge is 2.03. The van der Waals surface area contributed by atoms with Crippen molar-refractivity contribution in [2.45, 2.75) is 6.42 Å². The topological polar surface area (TPSA) is 55.8 Å². The smallest absolute Gasteiger partial charge is 0.335 e. The van der Waals surface area contributed by atoms with E-state index < -0.39 is 5.97 Å². The summed E-state index contributed by atoms with van der Waals surface area (Å²) in [6.45, 7) is 5.18. The van der Waals surface area contributed by atoms with E-state index in [-0.39, 0.29) is 5.56 Å². The van der Waals surface area contributed by atoms with E-state index in [0.717, 1.165) is 6.42 Å². The van der Waals surface area contributed by atoms with Crippen LogP contribution in [0.4, 0.5) is 0 Å². The lowest BCUT2D eigenvalue weighted by Crippen LogP contribution is -2.04. The van der Waals surface area contributed by atoms with Crippen LogP contribution in [-0.4, -0.2) is 30.9 Å². The van der Waals surface area contributed by atoms with E-state index in [0.29, 0.717) is 25.6 Å². The van der Waals surface area contributed by atoms with Gasteiger partial charge in [0.1, 0.15) is 5.75 Å². The maximum absolute atomic E-state index is 10.7. The first-order valence-corrected chi connectivity index (χ1v) is 5.39. The molecule has 0 aromatic heterocycles.